The Morgan fingerprint density at radius 2 is 2.11 bits per heavy atom. The van der Waals surface area contributed by atoms with Gasteiger partial charge in [-0.3, -0.25) is 4.79 Å². The summed E-state index contributed by atoms with van der Waals surface area (Å²) < 4.78 is 1.60. The lowest BCUT2D eigenvalue weighted by Crippen LogP contribution is -2.22. The Morgan fingerprint density at radius 3 is 2.78 bits per heavy atom. The van der Waals surface area contributed by atoms with Crippen LogP contribution in [0.4, 0.5) is 5.69 Å². The van der Waals surface area contributed by atoms with Gasteiger partial charge in [0.05, 0.1) is 0 Å². The largest absolute Gasteiger partial charge is 0.508 e. The monoisotopic (exact) mass is 244 g/mol. The van der Waals surface area contributed by atoms with Gasteiger partial charge in [0.1, 0.15) is 11.4 Å². The lowest BCUT2D eigenvalue weighted by Gasteiger charge is -2.09. The van der Waals surface area contributed by atoms with E-state index in [0.717, 1.165) is 12.0 Å². The van der Waals surface area contributed by atoms with Crippen LogP contribution in [-0.4, -0.2) is 9.67 Å². The molecule has 1 aromatic heterocycles. The summed E-state index contributed by atoms with van der Waals surface area (Å²) in [5, 5.41) is 9.45. The number of nitrogens with zero attached hydrogens (tertiary/aromatic N) is 1. The van der Waals surface area contributed by atoms with Gasteiger partial charge in [0.15, 0.2) is 0 Å². The van der Waals surface area contributed by atoms with Crippen LogP contribution in [-0.2, 0) is 6.54 Å². The molecule has 0 saturated carbocycles. The van der Waals surface area contributed by atoms with Crippen molar-refractivity contribution in [2.24, 2.45) is 0 Å². The number of nitrogen functional groups attached to an aromatic ring is 1. The van der Waals surface area contributed by atoms with Gasteiger partial charge in [-0.2, -0.15) is 0 Å². The van der Waals surface area contributed by atoms with E-state index in [1.165, 1.54) is 0 Å². The van der Waals surface area contributed by atoms with Crippen LogP contribution < -0.4 is 11.3 Å². The number of aromatic hydroxyl groups is 1. The quantitative estimate of drug-likeness (QED) is 0.869. The summed E-state index contributed by atoms with van der Waals surface area (Å²) in [5.74, 6) is 0.157. The number of phenols is 1. The Morgan fingerprint density at radius 1 is 1.33 bits per heavy atom. The Kier molecular flexibility index (Phi) is 3.37. The van der Waals surface area contributed by atoms with Gasteiger partial charge in [-0.05, 0) is 30.2 Å². The molecule has 0 aliphatic carbocycles. The number of hydrogen-bond acceptors (Lipinski definition) is 3. The molecule has 94 valence electrons. The van der Waals surface area contributed by atoms with E-state index in [2.05, 4.69) is 0 Å². The predicted molar refractivity (Wildman–Crippen MR) is 72.5 cm³/mol. The summed E-state index contributed by atoms with van der Waals surface area (Å²) in [7, 11) is 0. The number of benzene rings is 1. The molecule has 0 fully saturated rings. The molecule has 4 nitrogen and oxygen atoms in total. The Hall–Kier alpha value is -2.23. The molecule has 0 saturated heterocycles. The van der Waals surface area contributed by atoms with Crippen LogP contribution in [0.25, 0.3) is 11.1 Å². The van der Waals surface area contributed by atoms with Crippen molar-refractivity contribution in [2.45, 2.75) is 19.9 Å². The van der Waals surface area contributed by atoms with E-state index >= 15 is 0 Å². The van der Waals surface area contributed by atoms with Crippen LogP contribution in [0.5, 0.6) is 5.75 Å². The van der Waals surface area contributed by atoms with Gasteiger partial charge in [-0.1, -0.05) is 19.1 Å². The first-order chi connectivity index (χ1) is 8.63. The van der Waals surface area contributed by atoms with Crippen molar-refractivity contribution in [3.05, 3.63) is 46.9 Å². The van der Waals surface area contributed by atoms with E-state index in [-0.39, 0.29) is 17.0 Å². The molecule has 2 rings (SSSR count). The number of pyridine rings is 1. The van der Waals surface area contributed by atoms with Crippen molar-refractivity contribution in [2.75, 3.05) is 5.73 Å². The SMILES string of the molecule is CCCn1ccc(-c2cccc(O)c2)c(N)c1=O. The Balaban J connectivity index is 2.54. The van der Waals surface area contributed by atoms with E-state index < -0.39 is 0 Å². The van der Waals surface area contributed by atoms with Crippen molar-refractivity contribution in [1.29, 1.82) is 0 Å². The summed E-state index contributed by atoms with van der Waals surface area (Å²) in [4.78, 5) is 12.0. The molecule has 0 aliphatic rings. The molecule has 18 heavy (non-hydrogen) atoms. The second-order valence-corrected chi connectivity index (χ2v) is 4.19. The third-order valence-corrected chi connectivity index (χ3v) is 2.82. The molecule has 2 aromatic rings. The highest BCUT2D eigenvalue weighted by Gasteiger charge is 2.08. The van der Waals surface area contributed by atoms with Crippen molar-refractivity contribution in [1.82, 2.24) is 4.57 Å². The minimum absolute atomic E-state index is 0.157. The lowest BCUT2D eigenvalue weighted by molar-refractivity contribution is 0.475. The minimum atomic E-state index is -0.183. The standard InChI is InChI=1S/C14H16N2O2/c1-2-7-16-8-6-12(13(15)14(16)18)10-4-3-5-11(17)9-10/h3-6,8-9,17H,2,7,15H2,1H3. The molecular formula is C14H16N2O2. The summed E-state index contributed by atoms with van der Waals surface area (Å²) in [6.45, 7) is 2.66. The molecule has 0 amide bonds. The summed E-state index contributed by atoms with van der Waals surface area (Å²) in [5.41, 5.74) is 7.32. The predicted octanol–water partition coefficient (Wildman–Crippen LogP) is 2.21. The van der Waals surface area contributed by atoms with Gasteiger partial charge < -0.3 is 15.4 Å². The normalized spacial score (nSPS) is 10.5. The molecule has 0 spiro atoms. The molecule has 0 bridgehead atoms. The fourth-order valence-corrected chi connectivity index (χ4v) is 1.93. The maximum atomic E-state index is 12.0. The molecule has 4 heteroatoms. The average molecular weight is 244 g/mol. The zero-order chi connectivity index (χ0) is 13.1. The second-order valence-electron chi connectivity index (χ2n) is 4.19. The van der Waals surface area contributed by atoms with Gasteiger partial charge in [0, 0.05) is 18.3 Å². The van der Waals surface area contributed by atoms with E-state index in [0.29, 0.717) is 12.1 Å². The van der Waals surface area contributed by atoms with Crippen molar-refractivity contribution >= 4 is 5.69 Å². The molecule has 0 aliphatic heterocycles. The molecule has 0 unspecified atom stereocenters. The van der Waals surface area contributed by atoms with Gasteiger partial charge in [-0.15, -0.1) is 0 Å². The van der Waals surface area contributed by atoms with Crippen LogP contribution in [0.3, 0.4) is 0 Å². The number of aryl methyl sites for hydroxylation is 1. The first kappa shape index (κ1) is 12.2. The molecule has 1 heterocycles. The fraction of sp³-hybridized carbons (Fsp3) is 0.214. The molecule has 3 N–H and O–H groups in total. The highest BCUT2D eigenvalue weighted by atomic mass is 16.3. The van der Waals surface area contributed by atoms with Crippen molar-refractivity contribution < 1.29 is 5.11 Å². The molecule has 1 aromatic carbocycles. The number of rotatable bonds is 3. The van der Waals surface area contributed by atoms with Crippen LogP contribution in [0.15, 0.2) is 41.3 Å². The third-order valence-electron chi connectivity index (χ3n) is 2.82. The zero-order valence-electron chi connectivity index (χ0n) is 10.3. The third kappa shape index (κ3) is 2.22. The Bertz CT molecular complexity index is 617. The second kappa shape index (κ2) is 4.96. The van der Waals surface area contributed by atoms with E-state index in [4.69, 9.17) is 5.73 Å². The molecule has 0 atom stereocenters. The smallest absolute Gasteiger partial charge is 0.274 e. The minimum Gasteiger partial charge on any atom is -0.508 e. The van der Waals surface area contributed by atoms with Crippen LogP contribution >= 0.6 is 0 Å². The van der Waals surface area contributed by atoms with Gasteiger partial charge in [0.2, 0.25) is 0 Å². The molecule has 0 radical (unpaired) electrons. The van der Waals surface area contributed by atoms with Gasteiger partial charge >= 0.3 is 0 Å². The van der Waals surface area contributed by atoms with Crippen LogP contribution in [0.1, 0.15) is 13.3 Å². The maximum absolute atomic E-state index is 12.0. The number of anilines is 1. The fourth-order valence-electron chi connectivity index (χ4n) is 1.93. The average Bonchev–Trinajstić information content (AvgIpc) is 2.35. The highest BCUT2D eigenvalue weighted by Crippen LogP contribution is 2.25. The highest BCUT2D eigenvalue weighted by molar-refractivity contribution is 5.76. The Labute approximate surface area is 105 Å². The first-order valence-electron chi connectivity index (χ1n) is 5.91. The van der Waals surface area contributed by atoms with Crippen LogP contribution in [0, 0.1) is 0 Å². The number of phenolic OH excluding ortho intramolecular Hbond substituents is 1. The van der Waals surface area contributed by atoms with E-state index in [1.807, 2.05) is 13.0 Å². The first-order valence-corrected chi connectivity index (χ1v) is 5.91. The summed E-state index contributed by atoms with van der Waals surface area (Å²) in [6, 6.07) is 8.52. The van der Waals surface area contributed by atoms with E-state index in [9.17, 15) is 9.90 Å². The lowest BCUT2D eigenvalue weighted by atomic mass is 10.1. The van der Waals surface area contributed by atoms with Crippen molar-refractivity contribution in [3.63, 3.8) is 0 Å². The van der Waals surface area contributed by atoms with Crippen LogP contribution in [0.2, 0.25) is 0 Å². The summed E-state index contributed by atoms with van der Waals surface area (Å²) in [6.07, 6.45) is 2.62. The van der Waals surface area contributed by atoms with Gasteiger partial charge in [-0.25, -0.2) is 0 Å². The molecular weight excluding hydrogens is 228 g/mol. The van der Waals surface area contributed by atoms with E-state index in [1.54, 1.807) is 35.0 Å². The topological polar surface area (TPSA) is 68.2 Å². The maximum Gasteiger partial charge on any atom is 0.274 e. The number of aromatic nitrogens is 1. The van der Waals surface area contributed by atoms with Crippen molar-refractivity contribution in [3.8, 4) is 16.9 Å². The summed E-state index contributed by atoms with van der Waals surface area (Å²) >= 11 is 0. The zero-order valence-corrected chi connectivity index (χ0v) is 10.3. The number of hydrogen-bond donors (Lipinski definition) is 2. The number of nitrogens with two attached hydrogens (primary N) is 1. The van der Waals surface area contributed by atoms with Gasteiger partial charge in [0.25, 0.3) is 5.56 Å².